The second-order valence-corrected chi connectivity index (χ2v) is 4.87. The molecule has 1 aliphatic carbocycles. The number of nitrogens with zero attached hydrogens (tertiary/aromatic N) is 2. The van der Waals surface area contributed by atoms with E-state index in [9.17, 15) is 9.59 Å². The third-order valence-electron chi connectivity index (χ3n) is 3.45. The third kappa shape index (κ3) is 2.52. The monoisotopic (exact) mass is 251 g/mol. The van der Waals surface area contributed by atoms with Gasteiger partial charge >= 0.3 is 5.97 Å². The van der Waals surface area contributed by atoms with Crippen LogP contribution < -0.4 is 10.9 Å². The van der Waals surface area contributed by atoms with Crippen molar-refractivity contribution >= 4 is 11.8 Å². The fourth-order valence-electron chi connectivity index (χ4n) is 2.52. The summed E-state index contributed by atoms with van der Waals surface area (Å²) in [5.74, 6) is -0.611. The summed E-state index contributed by atoms with van der Waals surface area (Å²) in [6.07, 6.45) is 6.62. The molecule has 0 aromatic carbocycles. The van der Waals surface area contributed by atoms with Crippen molar-refractivity contribution in [3.05, 3.63) is 22.7 Å². The van der Waals surface area contributed by atoms with Crippen LogP contribution >= 0.6 is 0 Å². The SMILES string of the molecule is Cn1ccnc(NC2(CC(=O)O)CCCC2)c1=O. The van der Waals surface area contributed by atoms with Crippen molar-refractivity contribution in [2.45, 2.75) is 37.6 Å². The third-order valence-corrected chi connectivity index (χ3v) is 3.45. The number of carboxylic acids is 1. The van der Waals surface area contributed by atoms with Crippen molar-refractivity contribution in [1.82, 2.24) is 9.55 Å². The fourth-order valence-corrected chi connectivity index (χ4v) is 2.52. The Hall–Kier alpha value is -1.85. The van der Waals surface area contributed by atoms with E-state index in [0.29, 0.717) is 0 Å². The molecule has 0 atom stereocenters. The summed E-state index contributed by atoms with van der Waals surface area (Å²) in [6.45, 7) is 0. The highest BCUT2D eigenvalue weighted by molar-refractivity contribution is 5.69. The zero-order valence-electron chi connectivity index (χ0n) is 10.3. The summed E-state index contributed by atoms with van der Waals surface area (Å²) < 4.78 is 1.43. The average molecular weight is 251 g/mol. The van der Waals surface area contributed by atoms with Crippen molar-refractivity contribution in [2.24, 2.45) is 7.05 Å². The first-order valence-corrected chi connectivity index (χ1v) is 6.04. The van der Waals surface area contributed by atoms with E-state index in [1.807, 2.05) is 0 Å². The molecule has 0 radical (unpaired) electrons. The molecular formula is C12H17N3O3. The van der Waals surface area contributed by atoms with Crippen LogP contribution in [0.1, 0.15) is 32.1 Å². The predicted octanol–water partition coefficient (Wildman–Crippen LogP) is 0.980. The van der Waals surface area contributed by atoms with Crippen molar-refractivity contribution < 1.29 is 9.90 Å². The molecule has 0 unspecified atom stereocenters. The van der Waals surface area contributed by atoms with Crippen LogP contribution in [-0.2, 0) is 11.8 Å². The van der Waals surface area contributed by atoms with E-state index >= 15 is 0 Å². The van der Waals surface area contributed by atoms with Crippen molar-refractivity contribution in [1.29, 1.82) is 0 Å². The molecule has 1 aliphatic rings. The number of aromatic nitrogens is 2. The topological polar surface area (TPSA) is 84.2 Å². The number of anilines is 1. The molecule has 0 bridgehead atoms. The summed E-state index contributed by atoms with van der Waals surface area (Å²) in [6, 6.07) is 0. The summed E-state index contributed by atoms with van der Waals surface area (Å²) in [5.41, 5.74) is -0.749. The van der Waals surface area contributed by atoms with Crippen LogP contribution in [0.2, 0.25) is 0 Å². The Morgan fingerprint density at radius 1 is 1.56 bits per heavy atom. The van der Waals surface area contributed by atoms with E-state index in [0.717, 1.165) is 25.7 Å². The first-order valence-electron chi connectivity index (χ1n) is 6.04. The maximum absolute atomic E-state index is 11.9. The summed E-state index contributed by atoms with van der Waals surface area (Å²) in [7, 11) is 1.65. The van der Waals surface area contributed by atoms with Crippen LogP contribution in [-0.4, -0.2) is 26.2 Å². The minimum Gasteiger partial charge on any atom is -0.481 e. The molecule has 1 aromatic heterocycles. The molecular weight excluding hydrogens is 234 g/mol. The van der Waals surface area contributed by atoms with Crippen LogP contribution in [0, 0.1) is 0 Å². The smallest absolute Gasteiger partial charge is 0.305 e. The van der Waals surface area contributed by atoms with Gasteiger partial charge < -0.3 is 15.0 Å². The fraction of sp³-hybridized carbons (Fsp3) is 0.583. The van der Waals surface area contributed by atoms with Crippen LogP contribution in [0.3, 0.4) is 0 Å². The Morgan fingerprint density at radius 3 is 2.83 bits per heavy atom. The van der Waals surface area contributed by atoms with Gasteiger partial charge in [-0.25, -0.2) is 4.98 Å². The number of hydrogen-bond donors (Lipinski definition) is 2. The molecule has 2 N–H and O–H groups in total. The van der Waals surface area contributed by atoms with Gasteiger partial charge in [-0.3, -0.25) is 9.59 Å². The Balaban J connectivity index is 2.26. The minimum atomic E-state index is -0.850. The number of aryl methyl sites for hydroxylation is 1. The van der Waals surface area contributed by atoms with Gasteiger partial charge in [-0.1, -0.05) is 12.8 Å². The lowest BCUT2D eigenvalue weighted by Crippen LogP contribution is -2.40. The number of aliphatic carboxylic acids is 1. The van der Waals surface area contributed by atoms with Crippen molar-refractivity contribution in [2.75, 3.05) is 5.32 Å². The molecule has 1 fully saturated rings. The summed E-state index contributed by atoms with van der Waals surface area (Å²) >= 11 is 0. The highest BCUT2D eigenvalue weighted by Gasteiger charge is 2.36. The van der Waals surface area contributed by atoms with Gasteiger partial charge in [-0.05, 0) is 12.8 Å². The largest absolute Gasteiger partial charge is 0.481 e. The lowest BCUT2D eigenvalue weighted by atomic mass is 9.93. The second kappa shape index (κ2) is 4.80. The van der Waals surface area contributed by atoms with Crippen LogP contribution in [0.15, 0.2) is 17.2 Å². The standard InChI is InChI=1S/C12H17N3O3/c1-15-7-6-13-10(11(15)18)14-12(8-9(16)17)4-2-3-5-12/h6-7H,2-5,8H2,1H3,(H,13,14)(H,16,17). The predicted molar refractivity (Wildman–Crippen MR) is 66.6 cm³/mol. The lowest BCUT2D eigenvalue weighted by molar-refractivity contribution is -0.138. The van der Waals surface area contributed by atoms with E-state index in [4.69, 9.17) is 5.11 Å². The van der Waals surface area contributed by atoms with Gasteiger partial charge in [-0.15, -0.1) is 0 Å². The zero-order chi connectivity index (χ0) is 13.2. The van der Waals surface area contributed by atoms with Crippen molar-refractivity contribution in [3.63, 3.8) is 0 Å². The first kappa shape index (κ1) is 12.6. The lowest BCUT2D eigenvalue weighted by Gasteiger charge is -2.28. The van der Waals surface area contributed by atoms with Gasteiger partial charge in [0.2, 0.25) is 0 Å². The first-order chi connectivity index (χ1) is 8.52. The van der Waals surface area contributed by atoms with Gasteiger partial charge in [0.25, 0.3) is 5.56 Å². The number of carbonyl (C=O) groups is 1. The molecule has 0 amide bonds. The molecule has 0 spiro atoms. The van der Waals surface area contributed by atoms with E-state index < -0.39 is 11.5 Å². The Labute approximate surface area is 105 Å². The molecule has 18 heavy (non-hydrogen) atoms. The number of rotatable bonds is 4. The highest BCUT2D eigenvalue weighted by Crippen LogP contribution is 2.34. The van der Waals surface area contributed by atoms with Gasteiger partial charge in [-0.2, -0.15) is 0 Å². The number of carboxylic acid groups (broad SMARTS) is 1. The highest BCUT2D eigenvalue weighted by atomic mass is 16.4. The van der Waals surface area contributed by atoms with E-state index in [1.54, 1.807) is 13.2 Å². The molecule has 2 rings (SSSR count). The van der Waals surface area contributed by atoms with E-state index in [1.165, 1.54) is 10.8 Å². The minimum absolute atomic E-state index is 0.0206. The van der Waals surface area contributed by atoms with E-state index in [2.05, 4.69) is 10.3 Å². The molecule has 1 aromatic rings. The molecule has 1 heterocycles. The number of nitrogens with one attached hydrogen (secondary N) is 1. The van der Waals surface area contributed by atoms with Crippen molar-refractivity contribution in [3.8, 4) is 0 Å². The zero-order valence-corrected chi connectivity index (χ0v) is 10.3. The summed E-state index contributed by atoms with van der Waals surface area (Å²) in [5, 5.41) is 12.1. The molecule has 6 nitrogen and oxygen atoms in total. The molecule has 1 saturated carbocycles. The van der Waals surface area contributed by atoms with Crippen LogP contribution in [0.5, 0.6) is 0 Å². The molecule has 0 aliphatic heterocycles. The number of hydrogen-bond acceptors (Lipinski definition) is 4. The maximum atomic E-state index is 11.9. The Morgan fingerprint density at radius 2 is 2.22 bits per heavy atom. The second-order valence-electron chi connectivity index (χ2n) is 4.87. The Bertz CT molecular complexity index is 504. The quantitative estimate of drug-likeness (QED) is 0.833. The molecule has 6 heteroatoms. The Kier molecular flexibility index (Phi) is 3.36. The summed E-state index contributed by atoms with van der Waals surface area (Å²) in [4.78, 5) is 26.9. The normalized spacial score (nSPS) is 17.6. The van der Waals surface area contributed by atoms with Gasteiger partial charge in [0, 0.05) is 25.0 Å². The van der Waals surface area contributed by atoms with Gasteiger partial charge in [0.05, 0.1) is 6.42 Å². The van der Waals surface area contributed by atoms with Gasteiger partial charge in [0.1, 0.15) is 0 Å². The average Bonchev–Trinajstić information content (AvgIpc) is 2.72. The molecule has 0 saturated heterocycles. The van der Waals surface area contributed by atoms with E-state index in [-0.39, 0.29) is 17.8 Å². The van der Waals surface area contributed by atoms with Crippen LogP contribution in [0.25, 0.3) is 0 Å². The van der Waals surface area contributed by atoms with Crippen LogP contribution in [0.4, 0.5) is 5.82 Å². The molecule has 98 valence electrons. The van der Waals surface area contributed by atoms with Gasteiger partial charge in [0.15, 0.2) is 5.82 Å². The maximum Gasteiger partial charge on any atom is 0.305 e.